The first kappa shape index (κ1) is 16.1. The molecular weight excluding hydrogens is 330 g/mol. The molecule has 1 N–H and O–H groups in total. The monoisotopic (exact) mass is 343 g/mol. The van der Waals surface area contributed by atoms with Gasteiger partial charge in [0.25, 0.3) is 0 Å². The summed E-state index contributed by atoms with van der Waals surface area (Å²) in [6.45, 7) is 2.32. The van der Waals surface area contributed by atoms with E-state index in [0.29, 0.717) is 22.2 Å². The molecule has 0 aliphatic carbocycles. The number of aromatic carboxylic acids is 1. The topological polar surface area (TPSA) is 59.4 Å². The van der Waals surface area contributed by atoms with Gasteiger partial charge in [0.05, 0.1) is 12.3 Å². The van der Waals surface area contributed by atoms with E-state index in [2.05, 4.69) is 4.98 Å². The van der Waals surface area contributed by atoms with Crippen LogP contribution in [-0.2, 0) is 0 Å². The molecule has 1 aromatic heterocycles. The Morgan fingerprint density at radius 1 is 1.43 bits per heavy atom. The minimum Gasteiger partial charge on any atom is -0.494 e. The van der Waals surface area contributed by atoms with E-state index in [0.717, 1.165) is 22.3 Å². The third kappa shape index (κ3) is 4.91. The van der Waals surface area contributed by atoms with Gasteiger partial charge in [0.2, 0.25) is 0 Å². The number of aryl methyl sites for hydroxylation is 1. The molecule has 1 heterocycles. The Labute approximate surface area is 136 Å². The van der Waals surface area contributed by atoms with E-state index in [9.17, 15) is 4.79 Å². The first-order valence-electron chi connectivity index (χ1n) is 6.28. The van der Waals surface area contributed by atoms with Crippen LogP contribution in [0.2, 0.25) is 5.02 Å². The second kappa shape index (κ2) is 7.68. The van der Waals surface area contributed by atoms with Crippen LogP contribution in [0.5, 0.6) is 5.75 Å². The van der Waals surface area contributed by atoms with Crippen LogP contribution in [-0.4, -0.2) is 28.4 Å². The van der Waals surface area contributed by atoms with Crippen molar-refractivity contribution in [1.29, 1.82) is 0 Å². The van der Waals surface area contributed by atoms with Crippen molar-refractivity contribution in [2.45, 2.75) is 17.7 Å². The molecule has 0 fully saturated rings. The van der Waals surface area contributed by atoms with E-state index >= 15 is 0 Å². The zero-order chi connectivity index (χ0) is 15.2. The minimum atomic E-state index is -0.914. The molecule has 0 unspecified atom stereocenters. The molecule has 0 saturated carbocycles. The number of halogens is 1. The number of nitrogens with zero attached hydrogens (tertiary/aromatic N) is 1. The summed E-state index contributed by atoms with van der Waals surface area (Å²) < 4.78 is 6.37. The Kier molecular flexibility index (Phi) is 5.90. The summed E-state index contributed by atoms with van der Waals surface area (Å²) in [4.78, 5) is 15.5. The lowest BCUT2D eigenvalue weighted by Crippen LogP contribution is -1.98. The fourth-order valence-corrected chi connectivity index (χ4v) is 3.71. The third-order valence-corrected chi connectivity index (χ3v) is 5.19. The zero-order valence-corrected chi connectivity index (χ0v) is 13.7. The highest BCUT2D eigenvalue weighted by atomic mass is 35.5. The normalized spacial score (nSPS) is 10.6. The van der Waals surface area contributed by atoms with Gasteiger partial charge in [-0.3, -0.25) is 0 Å². The maximum Gasteiger partial charge on any atom is 0.347 e. The number of carboxylic acids is 1. The Balaban J connectivity index is 1.71. The Morgan fingerprint density at radius 3 is 2.76 bits per heavy atom. The highest BCUT2D eigenvalue weighted by Gasteiger charge is 2.13. The van der Waals surface area contributed by atoms with Gasteiger partial charge in [-0.15, -0.1) is 11.3 Å². The van der Waals surface area contributed by atoms with Gasteiger partial charge >= 0.3 is 5.97 Å². The molecule has 0 bridgehead atoms. The van der Waals surface area contributed by atoms with Crippen molar-refractivity contribution in [3.8, 4) is 5.75 Å². The van der Waals surface area contributed by atoms with Crippen molar-refractivity contribution in [2.75, 3.05) is 12.4 Å². The van der Waals surface area contributed by atoms with Gasteiger partial charge in [0, 0.05) is 10.8 Å². The average Bonchev–Trinajstić information content (AvgIpc) is 2.82. The first-order valence-corrected chi connectivity index (χ1v) is 8.46. The standard InChI is InChI=1S/C14H14ClNO3S2/c1-9-12(13(17)18)21-14(16-9)20-8-2-7-19-11-5-3-10(15)4-6-11/h3-6H,2,7-8H2,1H3,(H,17,18). The smallest absolute Gasteiger partial charge is 0.347 e. The SMILES string of the molecule is Cc1nc(SCCCOc2ccc(Cl)cc2)sc1C(=O)O. The van der Waals surface area contributed by atoms with Crippen LogP contribution in [0.25, 0.3) is 0 Å². The molecular formula is C14H14ClNO3S2. The number of hydrogen-bond donors (Lipinski definition) is 1. The van der Waals surface area contributed by atoms with Crippen molar-refractivity contribution in [2.24, 2.45) is 0 Å². The summed E-state index contributed by atoms with van der Waals surface area (Å²) in [5, 5.41) is 9.65. The van der Waals surface area contributed by atoms with Gasteiger partial charge in [-0.1, -0.05) is 23.4 Å². The zero-order valence-electron chi connectivity index (χ0n) is 11.3. The van der Waals surface area contributed by atoms with Crippen LogP contribution < -0.4 is 4.74 Å². The summed E-state index contributed by atoms with van der Waals surface area (Å²) in [5.74, 6) is 0.713. The lowest BCUT2D eigenvalue weighted by Gasteiger charge is -2.05. The van der Waals surface area contributed by atoms with Crippen LogP contribution in [0.4, 0.5) is 0 Å². The van der Waals surface area contributed by atoms with Crippen LogP contribution >= 0.6 is 34.7 Å². The number of carboxylic acid groups (broad SMARTS) is 1. The van der Waals surface area contributed by atoms with Gasteiger partial charge < -0.3 is 9.84 Å². The molecule has 2 aromatic rings. The van der Waals surface area contributed by atoms with Crippen molar-refractivity contribution in [3.05, 3.63) is 39.9 Å². The van der Waals surface area contributed by atoms with Gasteiger partial charge in [0.15, 0.2) is 4.34 Å². The van der Waals surface area contributed by atoms with Gasteiger partial charge in [-0.2, -0.15) is 0 Å². The van der Waals surface area contributed by atoms with Crippen LogP contribution in [0.1, 0.15) is 21.8 Å². The maximum atomic E-state index is 10.9. The highest BCUT2D eigenvalue weighted by molar-refractivity contribution is 8.01. The molecule has 1 aromatic carbocycles. The second-order valence-corrected chi connectivity index (χ2v) is 6.98. The molecule has 0 spiro atoms. The number of rotatable bonds is 7. The first-order chi connectivity index (χ1) is 10.1. The maximum absolute atomic E-state index is 10.9. The quantitative estimate of drug-likeness (QED) is 0.597. The molecule has 0 aliphatic heterocycles. The predicted molar refractivity (Wildman–Crippen MR) is 86.1 cm³/mol. The number of hydrogen-bond acceptors (Lipinski definition) is 5. The summed E-state index contributed by atoms with van der Waals surface area (Å²) >= 11 is 8.57. The molecule has 0 atom stereocenters. The summed E-state index contributed by atoms with van der Waals surface area (Å²) in [6.07, 6.45) is 0.855. The van der Waals surface area contributed by atoms with Crippen molar-refractivity contribution < 1.29 is 14.6 Å². The Morgan fingerprint density at radius 2 is 2.14 bits per heavy atom. The van der Waals surface area contributed by atoms with Crippen LogP contribution in [0, 0.1) is 6.92 Å². The lowest BCUT2D eigenvalue weighted by molar-refractivity contribution is 0.0701. The van der Waals surface area contributed by atoms with E-state index in [1.54, 1.807) is 30.8 Å². The fourth-order valence-electron chi connectivity index (χ4n) is 1.57. The number of aromatic nitrogens is 1. The minimum absolute atomic E-state index is 0.315. The molecule has 7 heteroatoms. The van der Waals surface area contributed by atoms with Crippen LogP contribution in [0.3, 0.4) is 0 Å². The molecule has 4 nitrogen and oxygen atoms in total. The Hall–Kier alpha value is -1.24. The molecule has 0 radical (unpaired) electrons. The third-order valence-electron chi connectivity index (χ3n) is 2.57. The van der Waals surface area contributed by atoms with Crippen LogP contribution in [0.15, 0.2) is 28.6 Å². The summed E-state index contributed by atoms with van der Waals surface area (Å²) in [6, 6.07) is 7.24. The van der Waals surface area contributed by atoms with Crippen molar-refractivity contribution in [3.63, 3.8) is 0 Å². The van der Waals surface area contributed by atoms with E-state index in [1.165, 1.54) is 11.3 Å². The highest BCUT2D eigenvalue weighted by Crippen LogP contribution is 2.27. The molecule has 21 heavy (non-hydrogen) atoms. The number of thiazole rings is 1. The average molecular weight is 344 g/mol. The van der Waals surface area contributed by atoms with Crippen molar-refractivity contribution >= 4 is 40.7 Å². The molecule has 0 amide bonds. The molecule has 0 aliphatic rings. The summed E-state index contributed by atoms with van der Waals surface area (Å²) in [5.41, 5.74) is 0.576. The largest absolute Gasteiger partial charge is 0.494 e. The van der Waals surface area contributed by atoms with Crippen molar-refractivity contribution in [1.82, 2.24) is 4.98 Å². The number of thioether (sulfide) groups is 1. The van der Waals surface area contributed by atoms with Gasteiger partial charge in [-0.05, 0) is 37.6 Å². The van der Waals surface area contributed by atoms with E-state index in [4.69, 9.17) is 21.4 Å². The number of carbonyl (C=O) groups is 1. The molecule has 112 valence electrons. The van der Waals surface area contributed by atoms with Gasteiger partial charge in [-0.25, -0.2) is 9.78 Å². The summed E-state index contributed by atoms with van der Waals surface area (Å²) in [7, 11) is 0. The number of benzene rings is 1. The van der Waals surface area contributed by atoms with E-state index < -0.39 is 5.97 Å². The second-order valence-electron chi connectivity index (χ2n) is 4.20. The Bertz CT molecular complexity index is 613. The van der Waals surface area contributed by atoms with E-state index in [-0.39, 0.29) is 0 Å². The fraction of sp³-hybridized carbons (Fsp3) is 0.286. The van der Waals surface area contributed by atoms with Gasteiger partial charge in [0.1, 0.15) is 10.6 Å². The number of ether oxygens (including phenoxy) is 1. The lowest BCUT2D eigenvalue weighted by atomic mass is 10.3. The van der Waals surface area contributed by atoms with E-state index in [1.807, 2.05) is 12.1 Å². The molecule has 2 rings (SSSR count). The predicted octanol–water partition coefficient (Wildman–Crippen LogP) is 4.36. The molecule has 0 saturated heterocycles.